The standard InChI is InChI=1S/C6H13N.C6H14.2H2O/c1-7-5-3-2-4-6-7;1-3-5-6-4-2;;/h2-6H2,1H3;3-6H2,1-2H3;2*1H2. The zero-order valence-electron chi connectivity index (χ0n) is 10.8. The predicted molar refractivity (Wildman–Crippen MR) is 68.4 cm³/mol. The first-order chi connectivity index (χ1) is 6.31. The number of hydrogen-bond acceptors (Lipinski definition) is 1. The highest BCUT2D eigenvalue weighted by atomic mass is 16.0. The molecule has 3 nitrogen and oxygen atoms in total. The molecule has 0 amide bonds. The van der Waals surface area contributed by atoms with Gasteiger partial charge in [0, 0.05) is 0 Å². The minimum Gasteiger partial charge on any atom is -0.412 e. The summed E-state index contributed by atoms with van der Waals surface area (Å²) in [5.41, 5.74) is 0. The number of hydrogen-bond donors (Lipinski definition) is 0. The summed E-state index contributed by atoms with van der Waals surface area (Å²) in [6.45, 7) is 7.10. The summed E-state index contributed by atoms with van der Waals surface area (Å²) in [5.74, 6) is 0. The highest BCUT2D eigenvalue weighted by Crippen LogP contribution is 2.04. The number of nitrogens with zero attached hydrogens (tertiary/aromatic N) is 1. The molecule has 4 N–H and O–H groups in total. The fraction of sp³-hybridized carbons (Fsp3) is 1.00. The average molecular weight is 221 g/mol. The fourth-order valence-corrected chi connectivity index (χ4v) is 1.55. The lowest BCUT2D eigenvalue weighted by atomic mass is 10.1. The molecule has 3 heteroatoms. The summed E-state index contributed by atoms with van der Waals surface area (Å²) in [5, 5.41) is 0. The summed E-state index contributed by atoms with van der Waals surface area (Å²) in [6, 6.07) is 0. The van der Waals surface area contributed by atoms with Gasteiger partial charge in [0.05, 0.1) is 0 Å². The van der Waals surface area contributed by atoms with Gasteiger partial charge in [0.1, 0.15) is 0 Å². The third-order valence-electron chi connectivity index (χ3n) is 2.54. The van der Waals surface area contributed by atoms with Crippen LogP contribution in [-0.2, 0) is 0 Å². The maximum atomic E-state index is 2.39. The second kappa shape index (κ2) is 16.3. The Hall–Kier alpha value is -0.120. The third kappa shape index (κ3) is 16.5. The molecule has 0 aromatic carbocycles. The minimum atomic E-state index is 0. The molecule has 0 aromatic heterocycles. The van der Waals surface area contributed by atoms with Crippen molar-refractivity contribution in [2.45, 2.75) is 58.8 Å². The molecule has 0 bridgehead atoms. The SMILES string of the molecule is CCCCCC.CN1CCCCC1.O.O. The van der Waals surface area contributed by atoms with E-state index in [0.717, 1.165) is 0 Å². The molecule has 1 saturated heterocycles. The van der Waals surface area contributed by atoms with Crippen LogP contribution >= 0.6 is 0 Å². The first-order valence-corrected chi connectivity index (χ1v) is 5.99. The molecule has 1 aliphatic rings. The van der Waals surface area contributed by atoms with E-state index in [1.165, 1.54) is 58.0 Å². The fourth-order valence-electron chi connectivity index (χ4n) is 1.55. The van der Waals surface area contributed by atoms with E-state index < -0.39 is 0 Å². The van der Waals surface area contributed by atoms with Crippen molar-refractivity contribution in [1.29, 1.82) is 0 Å². The van der Waals surface area contributed by atoms with E-state index in [4.69, 9.17) is 0 Å². The van der Waals surface area contributed by atoms with E-state index in [1.807, 2.05) is 0 Å². The van der Waals surface area contributed by atoms with Crippen molar-refractivity contribution in [2.75, 3.05) is 20.1 Å². The van der Waals surface area contributed by atoms with Crippen LogP contribution in [-0.4, -0.2) is 36.0 Å². The topological polar surface area (TPSA) is 66.2 Å². The Morgan fingerprint density at radius 2 is 1.20 bits per heavy atom. The van der Waals surface area contributed by atoms with Crippen LogP contribution in [0.4, 0.5) is 0 Å². The Labute approximate surface area is 95.5 Å². The van der Waals surface area contributed by atoms with Crippen LogP contribution in [0.2, 0.25) is 0 Å². The van der Waals surface area contributed by atoms with E-state index >= 15 is 0 Å². The molecule has 0 aromatic rings. The van der Waals surface area contributed by atoms with Gasteiger partial charge in [-0.25, -0.2) is 0 Å². The van der Waals surface area contributed by atoms with Crippen LogP contribution in [0.15, 0.2) is 0 Å². The minimum absolute atomic E-state index is 0. The highest BCUT2D eigenvalue weighted by molar-refractivity contribution is 4.58. The van der Waals surface area contributed by atoms with Gasteiger partial charge in [-0.3, -0.25) is 0 Å². The first kappa shape index (κ1) is 20.3. The molecule has 0 atom stereocenters. The van der Waals surface area contributed by atoms with Crippen molar-refractivity contribution >= 4 is 0 Å². The Morgan fingerprint density at radius 1 is 0.800 bits per heavy atom. The summed E-state index contributed by atoms with van der Waals surface area (Å²) in [6.07, 6.45) is 9.81. The monoisotopic (exact) mass is 221 g/mol. The number of unbranched alkanes of at least 4 members (excludes halogenated alkanes) is 3. The van der Waals surface area contributed by atoms with E-state index in [1.54, 1.807) is 0 Å². The van der Waals surface area contributed by atoms with Crippen molar-refractivity contribution in [1.82, 2.24) is 4.90 Å². The van der Waals surface area contributed by atoms with Crippen molar-refractivity contribution in [2.24, 2.45) is 0 Å². The quantitative estimate of drug-likeness (QED) is 0.672. The Balaban J connectivity index is -0.000000172. The van der Waals surface area contributed by atoms with Crippen molar-refractivity contribution < 1.29 is 11.0 Å². The molecule has 1 heterocycles. The average Bonchev–Trinajstić information content (AvgIpc) is 2.17. The van der Waals surface area contributed by atoms with Gasteiger partial charge in [-0.05, 0) is 33.0 Å². The maximum Gasteiger partial charge on any atom is -0.00218 e. The second-order valence-corrected chi connectivity index (χ2v) is 4.07. The molecule has 96 valence electrons. The van der Waals surface area contributed by atoms with Crippen molar-refractivity contribution in [3.05, 3.63) is 0 Å². The molecule has 1 rings (SSSR count). The van der Waals surface area contributed by atoms with E-state index in [-0.39, 0.29) is 11.0 Å². The molecule has 0 radical (unpaired) electrons. The number of likely N-dealkylation sites (tertiary alicyclic amines) is 1. The Kier molecular flexibility index (Phi) is 22.1. The maximum absolute atomic E-state index is 2.39. The van der Waals surface area contributed by atoms with Gasteiger partial charge >= 0.3 is 0 Å². The highest BCUT2D eigenvalue weighted by Gasteiger charge is 2.02. The molecular formula is C12H31NO2. The van der Waals surface area contributed by atoms with Crippen LogP contribution in [0.3, 0.4) is 0 Å². The van der Waals surface area contributed by atoms with Crippen LogP contribution in [0.25, 0.3) is 0 Å². The lowest BCUT2D eigenvalue weighted by Gasteiger charge is -2.20. The van der Waals surface area contributed by atoms with Crippen molar-refractivity contribution in [3.63, 3.8) is 0 Å². The summed E-state index contributed by atoms with van der Waals surface area (Å²) in [4.78, 5) is 2.39. The summed E-state index contributed by atoms with van der Waals surface area (Å²) in [7, 11) is 2.19. The van der Waals surface area contributed by atoms with Gasteiger partial charge in [-0.1, -0.05) is 46.0 Å². The van der Waals surface area contributed by atoms with Gasteiger partial charge in [-0.15, -0.1) is 0 Å². The molecule has 0 saturated carbocycles. The zero-order valence-corrected chi connectivity index (χ0v) is 10.8. The molecule has 0 spiro atoms. The van der Waals surface area contributed by atoms with Gasteiger partial charge in [-0.2, -0.15) is 0 Å². The van der Waals surface area contributed by atoms with Crippen LogP contribution in [0.1, 0.15) is 58.8 Å². The third-order valence-corrected chi connectivity index (χ3v) is 2.54. The zero-order chi connectivity index (χ0) is 9.94. The second-order valence-electron chi connectivity index (χ2n) is 4.07. The van der Waals surface area contributed by atoms with E-state index in [9.17, 15) is 0 Å². The van der Waals surface area contributed by atoms with Crippen molar-refractivity contribution in [3.8, 4) is 0 Å². The van der Waals surface area contributed by atoms with E-state index in [2.05, 4.69) is 25.8 Å². The lowest BCUT2D eigenvalue weighted by molar-refractivity contribution is 0.277. The molecule has 0 aliphatic carbocycles. The predicted octanol–water partition coefficient (Wildman–Crippen LogP) is 2.04. The normalized spacial score (nSPS) is 15.4. The van der Waals surface area contributed by atoms with Gasteiger partial charge in [0.25, 0.3) is 0 Å². The number of rotatable bonds is 3. The van der Waals surface area contributed by atoms with E-state index in [0.29, 0.717) is 0 Å². The summed E-state index contributed by atoms with van der Waals surface area (Å²) >= 11 is 0. The van der Waals surface area contributed by atoms with Crippen LogP contribution in [0, 0.1) is 0 Å². The van der Waals surface area contributed by atoms with Crippen LogP contribution < -0.4 is 0 Å². The molecule has 15 heavy (non-hydrogen) atoms. The van der Waals surface area contributed by atoms with Gasteiger partial charge in [0.15, 0.2) is 0 Å². The Bertz CT molecular complexity index is 89.6. The Morgan fingerprint density at radius 3 is 1.40 bits per heavy atom. The van der Waals surface area contributed by atoms with Gasteiger partial charge in [0.2, 0.25) is 0 Å². The molecule has 0 unspecified atom stereocenters. The molecular weight excluding hydrogens is 190 g/mol. The molecule has 1 aliphatic heterocycles. The van der Waals surface area contributed by atoms with Gasteiger partial charge < -0.3 is 15.9 Å². The smallest absolute Gasteiger partial charge is 0.00218 e. The largest absolute Gasteiger partial charge is 0.412 e. The lowest BCUT2D eigenvalue weighted by Crippen LogP contribution is -2.24. The first-order valence-electron chi connectivity index (χ1n) is 5.99. The van der Waals surface area contributed by atoms with Crippen LogP contribution in [0.5, 0.6) is 0 Å². The number of piperidine rings is 1. The molecule has 1 fully saturated rings. The summed E-state index contributed by atoms with van der Waals surface area (Å²) < 4.78 is 0.